The fourth-order valence-electron chi connectivity index (χ4n) is 4.11. The van der Waals surface area contributed by atoms with Gasteiger partial charge in [0.25, 0.3) is 0 Å². The van der Waals surface area contributed by atoms with Crippen molar-refractivity contribution in [1.82, 2.24) is 24.8 Å². The third kappa shape index (κ3) is 6.89. The van der Waals surface area contributed by atoms with Crippen LogP contribution < -0.4 is 16.4 Å². The van der Waals surface area contributed by atoms with Gasteiger partial charge in [0.05, 0.1) is 11.3 Å². The summed E-state index contributed by atoms with van der Waals surface area (Å²) in [5.74, 6) is -1.84. The SMILES string of the molecule is Cc1nnc(CCNCCCS(=O)(=O)N2CCC(Nc3nc(N)c(C(=O)c4c(F)cccc4F)s3)CC2)o1. The molecule has 0 saturated carbocycles. The Kier molecular flexibility index (Phi) is 9.02. The number of sulfonamides is 1. The number of nitrogens with two attached hydrogens (primary N) is 1. The lowest BCUT2D eigenvalue weighted by molar-refractivity contribution is 0.103. The van der Waals surface area contributed by atoms with E-state index in [1.54, 1.807) is 6.92 Å². The molecule has 3 aromatic rings. The Balaban J connectivity index is 1.22. The minimum absolute atomic E-state index is 0.0405. The van der Waals surface area contributed by atoms with Crippen molar-refractivity contribution in [1.29, 1.82) is 0 Å². The van der Waals surface area contributed by atoms with Gasteiger partial charge in [-0.1, -0.05) is 17.4 Å². The number of thiazole rings is 1. The van der Waals surface area contributed by atoms with Crippen molar-refractivity contribution < 1.29 is 26.4 Å². The summed E-state index contributed by atoms with van der Waals surface area (Å²) in [6.07, 6.45) is 2.12. The molecule has 1 aliphatic rings. The topological polar surface area (TPSA) is 156 Å². The fraction of sp³-hybridized carbons (Fsp3) is 0.478. The quantitative estimate of drug-likeness (QED) is 0.219. The Morgan fingerprint density at radius 1 is 1.21 bits per heavy atom. The zero-order valence-corrected chi connectivity index (χ0v) is 22.4. The molecule has 1 aromatic carbocycles. The lowest BCUT2D eigenvalue weighted by Gasteiger charge is -2.31. The Labute approximate surface area is 222 Å². The van der Waals surface area contributed by atoms with E-state index in [4.69, 9.17) is 10.2 Å². The first-order valence-corrected chi connectivity index (χ1v) is 14.6. The first kappa shape index (κ1) is 28.0. The standard InChI is InChI=1S/C23H29F2N7O4S2/c1-14-30-31-18(36-14)6-10-27-9-3-13-38(34,35)32-11-7-15(8-12-32)28-23-29-22(26)21(37-23)20(33)19-16(24)4-2-5-17(19)25/h2,4-5,15,27H,3,6-13,26H2,1H3,(H,28,29). The van der Waals surface area contributed by atoms with E-state index in [0.717, 1.165) is 23.5 Å². The summed E-state index contributed by atoms with van der Waals surface area (Å²) >= 11 is 0.915. The Morgan fingerprint density at radius 2 is 1.92 bits per heavy atom. The molecule has 11 nitrogen and oxygen atoms in total. The number of ketones is 1. The maximum atomic E-state index is 14.0. The number of aromatic nitrogens is 3. The third-order valence-electron chi connectivity index (χ3n) is 6.06. The maximum absolute atomic E-state index is 14.0. The van der Waals surface area contributed by atoms with E-state index in [9.17, 15) is 22.0 Å². The first-order valence-electron chi connectivity index (χ1n) is 12.1. The number of nitrogens with one attached hydrogen (secondary N) is 2. The highest BCUT2D eigenvalue weighted by Crippen LogP contribution is 2.30. The molecule has 38 heavy (non-hydrogen) atoms. The van der Waals surface area contributed by atoms with Crippen molar-refractivity contribution in [2.75, 3.05) is 43.0 Å². The van der Waals surface area contributed by atoms with E-state index in [2.05, 4.69) is 25.8 Å². The van der Waals surface area contributed by atoms with E-state index >= 15 is 0 Å². The number of carbonyl (C=O) groups excluding carboxylic acids is 1. The Bertz CT molecular complexity index is 1350. The number of hydrogen-bond acceptors (Lipinski definition) is 11. The van der Waals surface area contributed by atoms with Crippen molar-refractivity contribution in [3.63, 3.8) is 0 Å². The predicted molar refractivity (Wildman–Crippen MR) is 139 cm³/mol. The zero-order valence-electron chi connectivity index (χ0n) is 20.7. The number of aryl methyl sites for hydroxylation is 1. The lowest BCUT2D eigenvalue weighted by atomic mass is 10.1. The van der Waals surface area contributed by atoms with Crippen molar-refractivity contribution >= 4 is 38.1 Å². The van der Waals surface area contributed by atoms with Gasteiger partial charge in [-0.2, -0.15) is 0 Å². The molecular weight excluding hydrogens is 540 g/mol. The second kappa shape index (κ2) is 12.2. The normalized spacial score (nSPS) is 15.1. The van der Waals surface area contributed by atoms with Gasteiger partial charge in [0, 0.05) is 39.0 Å². The molecule has 0 atom stereocenters. The van der Waals surface area contributed by atoms with Gasteiger partial charge in [-0.25, -0.2) is 26.5 Å². The van der Waals surface area contributed by atoms with E-state index in [1.165, 1.54) is 10.4 Å². The monoisotopic (exact) mass is 569 g/mol. The lowest BCUT2D eigenvalue weighted by Crippen LogP contribution is -2.43. The highest BCUT2D eigenvalue weighted by atomic mass is 32.2. The number of rotatable bonds is 12. The number of halogens is 2. The molecule has 0 radical (unpaired) electrons. The predicted octanol–water partition coefficient (Wildman–Crippen LogP) is 2.35. The molecule has 0 amide bonds. The molecule has 1 fully saturated rings. The number of hydrogen-bond donors (Lipinski definition) is 3. The zero-order chi connectivity index (χ0) is 27.3. The number of piperidine rings is 1. The molecule has 1 aliphatic heterocycles. The van der Waals surface area contributed by atoms with Gasteiger partial charge in [0.1, 0.15) is 22.3 Å². The summed E-state index contributed by atoms with van der Waals surface area (Å²) < 4.78 is 60.3. The van der Waals surface area contributed by atoms with Crippen LogP contribution in [0.4, 0.5) is 19.7 Å². The molecule has 4 N–H and O–H groups in total. The van der Waals surface area contributed by atoms with Gasteiger partial charge in [0.15, 0.2) is 5.13 Å². The highest BCUT2D eigenvalue weighted by molar-refractivity contribution is 7.89. The molecule has 1 saturated heterocycles. The molecule has 15 heteroatoms. The molecule has 4 rings (SSSR count). The van der Waals surface area contributed by atoms with E-state index in [-0.39, 0.29) is 22.5 Å². The second-order valence-electron chi connectivity index (χ2n) is 8.86. The van der Waals surface area contributed by atoms with Crippen LogP contribution in [0.3, 0.4) is 0 Å². The van der Waals surface area contributed by atoms with Gasteiger partial charge >= 0.3 is 0 Å². The number of nitrogen functional groups attached to an aromatic ring is 1. The number of benzene rings is 1. The van der Waals surface area contributed by atoms with Crippen molar-refractivity contribution in [2.45, 2.75) is 38.6 Å². The third-order valence-corrected chi connectivity index (χ3v) is 9.02. The molecule has 0 spiro atoms. The molecule has 206 valence electrons. The van der Waals surface area contributed by atoms with Crippen LogP contribution in [-0.4, -0.2) is 71.7 Å². The average molecular weight is 570 g/mol. The summed E-state index contributed by atoms with van der Waals surface area (Å²) in [5, 5.41) is 14.4. The first-order chi connectivity index (χ1) is 18.1. The Morgan fingerprint density at radius 3 is 2.58 bits per heavy atom. The van der Waals surface area contributed by atoms with Gasteiger partial charge in [-0.05, 0) is 37.9 Å². The summed E-state index contributed by atoms with van der Waals surface area (Å²) in [6, 6.07) is 3.10. The van der Waals surface area contributed by atoms with Crippen LogP contribution in [0.1, 0.15) is 46.3 Å². The van der Waals surface area contributed by atoms with Crippen LogP contribution >= 0.6 is 11.3 Å². The number of nitrogens with zero attached hydrogens (tertiary/aromatic N) is 4. The molecular formula is C23H29F2N7O4S2. The minimum Gasteiger partial charge on any atom is -0.426 e. The number of anilines is 2. The summed E-state index contributed by atoms with van der Waals surface area (Å²) in [4.78, 5) is 16.7. The van der Waals surface area contributed by atoms with E-state index < -0.39 is 33.0 Å². The van der Waals surface area contributed by atoms with Crippen LogP contribution in [-0.2, 0) is 16.4 Å². The summed E-state index contributed by atoms with van der Waals surface area (Å²) in [6.45, 7) is 3.57. The van der Waals surface area contributed by atoms with Gasteiger partial charge < -0.3 is 20.8 Å². The molecule has 2 aromatic heterocycles. The highest BCUT2D eigenvalue weighted by Gasteiger charge is 2.29. The Hall–Kier alpha value is -3.01. The summed E-state index contributed by atoms with van der Waals surface area (Å²) in [7, 11) is -3.39. The smallest absolute Gasteiger partial charge is 0.217 e. The van der Waals surface area contributed by atoms with Crippen LogP contribution in [0.2, 0.25) is 0 Å². The summed E-state index contributed by atoms with van der Waals surface area (Å²) in [5.41, 5.74) is 5.19. The van der Waals surface area contributed by atoms with Gasteiger partial charge in [-0.15, -0.1) is 10.2 Å². The van der Waals surface area contributed by atoms with Gasteiger partial charge in [0.2, 0.25) is 27.6 Å². The van der Waals surface area contributed by atoms with Crippen LogP contribution in [0, 0.1) is 18.6 Å². The van der Waals surface area contributed by atoms with Crippen molar-refractivity contribution in [3.8, 4) is 0 Å². The second-order valence-corrected chi connectivity index (χ2v) is 11.9. The van der Waals surface area contributed by atoms with E-state index in [0.29, 0.717) is 68.8 Å². The van der Waals surface area contributed by atoms with Gasteiger partial charge in [-0.3, -0.25) is 4.79 Å². The van der Waals surface area contributed by atoms with E-state index in [1.807, 2.05) is 0 Å². The largest absolute Gasteiger partial charge is 0.426 e. The minimum atomic E-state index is -3.39. The number of carbonyl (C=O) groups is 1. The molecule has 0 unspecified atom stereocenters. The maximum Gasteiger partial charge on any atom is 0.217 e. The van der Waals surface area contributed by atoms with Crippen LogP contribution in [0.5, 0.6) is 0 Å². The van der Waals surface area contributed by atoms with Crippen molar-refractivity contribution in [2.24, 2.45) is 0 Å². The molecule has 3 heterocycles. The fourth-order valence-corrected chi connectivity index (χ4v) is 6.55. The average Bonchev–Trinajstić information content (AvgIpc) is 3.45. The van der Waals surface area contributed by atoms with Crippen LogP contribution in [0.25, 0.3) is 0 Å². The van der Waals surface area contributed by atoms with Crippen LogP contribution in [0.15, 0.2) is 22.6 Å². The molecule has 0 bridgehead atoms. The van der Waals surface area contributed by atoms with Crippen molar-refractivity contribution in [3.05, 3.63) is 52.1 Å². The molecule has 0 aliphatic carbocycles.